The minimum absolute atomic E-state index is 0.181. The van der Waals surface area contributed by atoms with Gasteiger partial charge in [-0.2, -0.15) is 0 Å². The van der Waals surface area contributed by atoms with Crippen LogP contribution in [0.25, 0.3) is 10.9 Å². The second-order valence-electron chi connectivity index (χ2n) is 7.39. The van der Waals surface area contributed by atoms with Crippen molar-refractivity contribution < 1.29 is 17.9 Å². The second kappa shape index (κ2) is 8.57. The highest BCUT2D eigenvalue weighted by Gasteiger charge is 2.28. The van der Waals surface area contributed by atoms with Crippen LogP contribution in [0.15, 0.2) is 53.7 Å². The molecule has 0 bridgehead atoms. The van der Waals surface area contributed by atoms with Crippen LogP contribution < -0.4 is 4.72 Å². The number of para-hydroxylation sites is 1. The van der Waals surface area contributed by atoms with Crippen molar-refractivity contribution in [1.29, 1.82) is 0 Å². The van der Waals surface area contributed by atoms with E-state index in [4.69, 9.17) is 4.74 Å². The third kappa shape index (κ3) is 4.11. The lowest BCUT2D eigenvalue weighted by atomic mass is 9.92. The number of carbonyl (C=O) groups excluding carboxylic acids is 1. The lowest BCUT2D eigenvalue weighted by Gasteiger charge is -2.25. The molecule has 0 unspecified atom stereocenters. The Morgan fingerprint density at radius 2 is 2.00 bits per heavy atom. The van der Waals surface area contributed by atoms with Crippen molar-refractivity contribution in [2.45, 2.75) is 50.1 Å². The zero-order valence-corrected chi connectivity index (χ0v) is 17.7. The Kier molecular flexibility index (Phi) is 5.87. The maximum absolute atomic E-state index is 12.7. The lowest BCUT2D eigenvalue weighted by Crippen LogP contribution is -2.39. The molecule has 0 radical (unpaired) electrons. The van der Waals surface area contributed by atoms with Crippen molar-refractivity contribution in [3.8, 4) is 0 Å². The molecule has 1 atom stereocenters. The van der Waals surface area contributed by atoms with Gasteiger partial charge in [-0.1, -0.05) is 18.2 Å². The maximum Gasteiger partial charge on any atom is 0.307 e. The molecule has 4 rings (SSSR count). The maximum atomic E-state index is 12.7. The summed E-state index contributed by atoms with van der Waals surface area (Å²) in [5.74, 6) is -0.206. The number of nitrogens with one attached hydrogen (secondary N) is 1. The monoisotopic (exact) mass is 427 g/mol. The highest BCUT2D eigenvalue weighted by atomic mass is 32.2. The van der Waals surface area contributed by atoms with Crippen molar-refractivity contribution in [3.05, 3.63) is 60.0 Å². The van der Waals surface area contributed by atoms with Crippen molar-refractivity contribution >= 4 is 26.9 Å². The van der Waals surface area contributed by atoms with Crippen molar-refractivity contribution in [2.24, 2.45) is 0 Å². The van der Waals surface area contributed by atoms with Crippen molar-refractivity contribution in [2.75, 3.05) is 6.61 Å². The van der Waals surface area contributed by atoms with Crippen LogP contribution in [0.3, 0.4) is 0 Å². The third-order valence-corrected chi connectivity index (χ3v) is 7.04. The molecule has 1 N–H and O–H groups in total. The van der Waals surface area contributed by atoms with E-state index in [9.17, 15) is 13.2 Å². The zero-order chi connectivity index (χ0) is 21.1. The SMILES string of the molecule is CCOC(=O)CCn1c2c(c3ccccc31)C[C@H](NS(=O)(=O)c1ccncc1)CC2. The van der Waals surface area contributed by atoms with Crippen LogP contribution in [-0.2, 0) is 38.9 Å². The highest BCUT2D eigenvalue weighted by molar-refractivity contribution is 7.89. The third-order valence-electron chi connectivity index (χ3n) is 5.50. The normalized spacial score (nSPS) is 16.4. The van der Waals surface area contributed by atoms with E-state index in [1.54, 1.807) is 6.92 Å². The quantitative estimate of drug-likeness (QED) is 0.586. The summed E-state index contributed by atoms with van der Waals surface area (Å²) in [4.78, 5) is 16.0. The van der Waals surface area contributed by atoms with E-state index in [1.165, 1.54) is 30.2 Å². The molecule has 2 heterocycles. The Labute approximate surface area is 176 Å². The molecule has 158 valence electrons. The molecule has 0 aliphatic heterocycles. The summed E-state index contributed by atoms with van der Waals surface area (Å²) in [6.45, 7) is 2.74. The van der Waals surface area contributed by atoms with Crippen molar-refractivity contribution in [1.82, 2.24) is 14.3 Å². The van der Waals surface area contributed by atoms with Crippen LogP contribution >= 0.6 is 0 Å². The van der Waals surface area contributed by atoms with Gasteiger partial charge in [0.15, 0.2) is 0 Å². The first-order chi connectivity index (χ1) is 14.5. The summed E-state index contributed by atoms with van der Waals surface area (Å²) >= 11 is 0. The van der Waals surface area contributed by atoms with E-state index < -0.39 is 10.0 Å². The van der Waals surface area contributed by atoms with E-state index in [0.717, 1.165) is 22.9 Å². The van der Waals surface area contributed by atoms with Gasteiger partial charge in [-0.3, -0.25) is 9.78 Å². The molecule has 0 fully saturated rings. The summed E-state index contributed by atoms with van der Waals surface area (Å²) in [6.07, 6.45) is 5.34. The van der Waals surface area contributed by atoms with Crippen LogP contribution in [0.5, 0.6) is 0 Å². The minimum Gasteiger partial charge on any atom is -0.466 e. The number of sulfonamides is 1. The molecule has 2 aromatic heterocycles. The van der Waals surface area contributed by atoms with Gasteiger partial charge in [0.25, 0.3) is 0 Å². The average molecular weight is 428 g/mol. The van der Waals surface area contributed by atoms with E-state index in [-0.39, 0.29) is 16.9 Å². The van der Waals surface area contributed by atoms with Gasteiger partial charge >= 0.3 is 5.97 Å². The number of nitrogens with zero attached hydrogens (tertiary/aromatic N) is 2. The zero-order valence-electron chi connectivity index (χ0n) is 16.9. The van der Waals surface area contributed by atoms with Gasteiger partial charge in [0.2, 0.25) is 10.0 Å². The number of pyridine rings is 1. The molecule has 0 amide bonds. The fraction of sp³-hybridized carbons (Fsp3) is 0.364. The number of hydrogen-bond acceptors (Lipinski definition) is 5. The molecule has 7 nitrogen and oxygen atoms in total. The standard InChI is InChI=1S/C22H25N3O4S/c1-2-29-22(26)11-14-25-20-6-4-3-5-18(20)19-15-16(7-8-21(19)25)24-30(27,28)17-9-12-23-13-10-17/h3-6,9-10,12-13,16,24H,2,7-8,11,14-15H2,1H3/t16-/m1/s1. The molecule has 1 aliphatic carbocycles. The van der Waals surface area contributed by atoms with E-state index in [1.807, 2.05) is 12.1 Å². The highest BCUT2D eigenvalue weighted by Crippen LogP contribution is 2.33. The first-order valence-electron chi connectivity index (χ1n) is 10.2. The largest absolute Gasteiger partial charge is 0.466 e. The first kappa shape index (κ1) is 20.6. The molecule has 8 heteroatoms. The number of ether oxygens (including phenoxy) is 1. The van der Waals surface area contributed by atoms with Gasteiger partial charge in [-0.05, 0) is 49.9 Å². The predicted molar refractivity (Wildman–Crippen MR) is 114 cm³/mol. The van der Waals surface area contributed by atoms with E-state index >= 15 is 0 Å². The number of rotatable bonds is 7. The van der Waals surface area contributed by atoms with Gasteiger partial charge in [0, 0.05) is 41.6 Å². The number of hydrogen-bond donors (Lipinski definition) is 1. The topological polar surface area (TPSA) is 90.3 Å². The molecule has 0 saturated heterocycles. The lowest BCUT2D eigenvalue weighted by molar-refractivity contribution is -0.143. The molecule has 0 spiro atoms. The summed E-state index contributed by atoms with van der Waals surface area (Å²) in [7, 11) is -3.59. The number of esters is 1. The summed E-state index contributed by atoms with van der Waals surface area (Å²) < 4.78 is 35.6. The smallest absolute Gasteiger partial charge is 0.307 e. The second-order valence-corrected chi connectivity index (χ2v) is 9.11. The summed E-state index contributed by atoms with van der Waals surface area (Å²) in [5.41, 5.74) is 3.41. The number of carbonyl (C=O) groups is 1. The Hall–Kier alpha value is -2.71. The van der Waals surface area contributed by atoms with Crippen LogP contribution in [0.4, 0.5) is 0 Å². The average Bonchev–Trinajstić information content (AvgIpc) is 3.06. The molecule has 30 heavy (non-hydrogen) atoms. The minimum atomic E-state index is -3.59. The van der Waals surface area contributed by atoms with Crippen LogP contribution in [0, 0.1) is 0 Å². The van der Waals surface area contributed by atoms with Gasteiger partial charge in [0.1, 0.15) is 0 Å². The number of aryl methyl sites for hydroxylation is 1. The van der Waals surface area contributed by atoms with Gasteiger partial charge in [-0.15, -0.1) is 0 Å². The van der Waals surface area contributed by atoms with Crippen LogP contribution in [0.2, 0.25) is 0 Å². The number of benzene rings is 1. The molecule has 1 aliphatic rings. The van der Waals surface area contributed by atoms with Gasteiger partial charge in [-0.25, -0.2) is 13.1 Å². The van der Waals surface area contributed by atoms with Gasteiger partial charge < -0.3 is 9.30 Å². The van der Waals surface area contributed by atoms with Crippen LogP contribution in [0.1, 0.15) is 31.0 Å². The molecule has 0 saturated carbocycles. The molecule has 1 aromatic carbocycles. The van der Waals surface area contributed by atoms with E-state index in [2.05, 4.69) is 26.4 Å². The fourth-order valence-corrected chi connectivity index (χ4v) is 5.45. The summed E-state index contributed by atoms with van der Waals surface area (Å²) in [5, 5.41) is 1.11. The molecular formula is C22H25N3O4S. The molecule has 3 aromatic rings. The van der Waals surface area contributed by atoms with Crippen molar-refractivity contribution in [3.63, 3.8) is 0 Å². The Morgan fingerprint density at radius 1 is 1.23 bits per heavy atom. The summed E-state index contributed by atoms with van der Waals surface area (Å²) in [6, 6.07) is 10.9. The Morgan fingerprint density at radius 3 is 2.77 bits per heavy atom. The Bertz CT molecular complexity index is 1160. The predicted octanol–water partition coefficient (Wildman–Crippen LogP) is 2.83. The number of fused-ring (bicyclic) bond motifs is 3. The fourth-order valence-electron chi connectivity index (χ4n) is 4.20. The van der Waals surface area contributed by atoms with Gasteiger partial charge in [0.05, 0.1) is 17.9 Å². The Balaban J connectivity index is 1.59. The van der Waals surface area contributed by atoms with E-state index in [0.29, 0.717) is 32.4 Å². The van der Waals surface area contributed by atoms with Crippen LogP contribution in [-0.4, -0.2) is 36.6 Å². The first-order valence-corrected chi connectivity index (χ1v) is 11.6. The number of aromatic nitrogens is 2. The molecular weight excluding hydrogens is 402 g/mol.